The van der Waals surface area contributed by atoms with E-state index < -0.39 is 0 Å². The van der Waals surface area contributed by atoms with E-state index in [1.807, 2.05) is 6.20 Å². The predicted molar refractivity (Wildman–Crippen MR) is 77.4 cm³/mol. The molecule has 0 aromatic carbocycles. The zero-order valence-corrected chi connectivity index (χ0v) is 12.1. The van der Waals surface area contributed by atoms with Crippen LogP contribution < -0.4 is 5.32 Å². The molecule has 2 unspecified atom stereocenters. The number of hydrogen-bond acceptors (Lipinski definition) is 3. The van der Waals surface area contributed by atoms with Crippen molar-refractivity contribution in [1.29, 1.82) is 0 Å². The van der Waals surface area contributed by atoms with Crippen molar-refractivity contribution in [1.82, 2.24) is 4.98 Å². The fraction of sp³-hybridized carbons (Fsp3) is 0.688. The molecule has 1 aliphatic carbocycles. The lowest BCUT2D eigenvalue weighted by molar-refractivity contribution is 0.0898. The molecule has 104 valence electrons. The van der Waals surface area contributed by atoms with Gasteiger partial charge in [-0.25, -0.2) is 4.98 Å². The van der Waals surface area contributed by atoms with Gasteiger partial charge in [-0.05, 0) is 42.2 Å². The van der Waals surface area contributed by atoms with Crippen LogP contribution in [0.2, 0.25) is 0 Å². The third kappa shape index (κ3) is 2.92. The van der Waals surface area contributed by atoms with Crippen LogP contribution in [-0.2, 0) is 10.2 Å². The van der Waals surface area contributed by atoms with Crippen LogP contribution in [0.4, 0.5) is 5.82 Å². The van der Waals surface area contributed by atoms with Crippen LogP contribution in [0.1, 0.15) is 45.6 Å². The average molecular weight is 260 g/mol. The Labute approximate surface area is 115 Å². The van der Waals surface area contributed by atoms with Crippen LogP contribution in [0.25, 0.3) is 0 Å². The largest absolute Gasteiger partial charge is 0.376 e. The maximum atomic E-state index is 5.85. The number of nitrogens with zero attached hydrogens (tertiary/aromatic N) is 1. The van der Waals surface area contributed by atoms with Gasteiger partial charge in [0.25, 0.3) is 0 Å². The zero-order valence-electron chi connectivity index (χ0n) is 12.1. The summed E-state index contributed by atoms with van der Waals surface area (Å²) in [4.78, 5) is 4.56. The number of rotatable bonds is 3. The molecule has 0 amide bonds. The van der Waals surface area contributed by atoms with E-state index in [1.165, 1.54) is 18.4 Å². The molecule has 2 fully saturated rings. The molecular weight excluding hydrogens is 236 g/mol. The lowest BCUT2D eigenvalue weighted by Gasteiger charge is -2.22. The lowest BCUT2D eigenvalue weighted by Crippen LogP contribution is -2.31. The summed E-state index contributed by atoms with van der Waals surface area (Å²) in [5.41, 5.74) is 1.44. The summed E-state index contributed by atoms with van der Waals surface area (Å²) in [5, 5.41) is 3.55. The molecule has 0 bridgehead atoms. The van der Waals surface area contributed by atoms with E-state index in [4.69, 9.17) is 4.74 Å². The van der Waals surface area contributed by atoms with Gasteiger partial charge in [-0.15, -0.1) is 0 Å². The fourth-order valence-corrected chi connectivity index (χ4v) is 2.77. The standard InChI is InChI=1S/C16H24N2O/c1-16(2,3)12-6-7-14(17-10-12)18-13-8-9-19-15(13)11-4-5-11/h6-7,10-11,13,15H,4-5,8-9H2,1-3H3,(H,17,18). The SMILES string of the molecule is CC(C)(C)c1ccc(NC2CCOC2C2CC2)nc1. The first-order valence-electron chi connectivity index (χ1n) is 7.39. The van der Waals surface area contributed by atoms with Crippen molar-refractivity contribution in [2.24, 2.45) is 5.92 Å². The Morgan fingerprint density at radius 1 is 1.21 bits per heavy atom. The third-order valence-electron chi connectivity index (χ3n) is 4.19. The molecule has 2 atom stereocenters. The Morgan fingerprint density at radius 2 is 2.00 bits per heavy atom. The Balaban J connectivity index is 1.66. The van der Waals surface area contributed by atoms with Gasteiger partial charge in [-0.1, -0.05) is 26.8 Å². The minimum atomic E-state index is 0.165. The molecule has 19 heavy (non-hydrogen) atoms. The highest BCUT2D eigenvalue weighted by atomic mass is 16.5. The Bertz CT molecular complexity index is 431. The normalized spacial score (nSPS) is 27.5. The van der Waals surface area contributed by atoms with E-state index in [2.05, 4.69) is 43.2 Å². The molecule has 3 nitrogen and oxygen atoms in total. The first-order chi connectivity index (χ1) is 9.04. The minimum absolute atomic E-state index is 0.165. The van der Waals surface area contributed by atoms with Crippen LogP contribution in [-0.4, -0.2) is 23.7 Å². The number of pyridine rings is 1. The Morgan fingerprint density at radius 3 is 2.58 bits per heavy atom. The first-order valence-corrected chi connectivity index (χ1v) is 7.39. The van der Waals surface area contributed by atoms with Gasteiger partial charge in [0.2, 0.25) is 0 Å². The van der Waals surface area contributed by atoms with Crippen LogP contribution in [0, 0.1) is 5.92 Å². The molecular formula is C16H24N2O. The molecule has 2 aliphatic rings. The van der Waals surface area contributed by atoms with Gasteiger partial charge in [-0.2, -0.15) is 0 Å². The van der Waals surface area contributed by atoms with E-state index in [0.29, 0.717) is 12.1 Å². The van der Waals surface area contributed by atoms with Crippen molar-refractivity contribution in [3.8, 4) is 0 Å². The second-order valence-corrected chi connectivity index (χ2v) is 6.89. The molecule has 1 saturated carbocycles. The molecule has 1 aromatic rings. The topological polar surface area (TPSA) is 34.1 Å². The molecule has 2 heterocycles. The van der Waals surface area contributed by atoms with Crippen molar-refractivity contribution in [2.75, 3.05) is 11.9 Å². The molecule has 1 aromatic heterocycles. The van der Waals surface area contributed by atoms with Crippen LogP contribution >= 0.6 is 0 Å². The summed E-state index contributed by atoms with van der Waals surface area (Å²) < 4.78 is 5.85. The van der Waals surface area contributed by atoms with Crippen molar-refractivity contribution in [3.05, 3.63) is 23.9 Å². The zero-order chi connectivity index (χ0) is 13.5. The number of hydrogen-bond donors (Lipinski definition) is 1. The lowest BCUT2D eigenvalue weighted by atomic mass is 9.88. The number of aromatic nitrogens is 1. The van der Waals surface area contributed by atoms with Gasteiger partial charge in [0.15, 0.2) is 0 Å². The second kappa shape index (κ2) is 4.78. The quantitative estimate of drug-likeness (QED) is 0.905. The van der Waals surface area contributed by atoms with Crippen molar-refractivity contribution >= 4 is 5.82 Å². The Hall–Kier alpha value is -1.09. The van der Waals surface area contributed by atoms with Crippen LogP contribution in [0.15, 0.2) is 18.3 Å². The van der Waals surface area contributed by atoms with Crippen molar-refractivity contribution in [2.45, 2.75) is 57.6 Å². The van der Waals surface area contributed by atoms with E-state index in [9.17, 15) is 0 Å². The number of nitrogens with one attached hydrogen (secondary N) is 1. The second-order valence-electron chi connectivity index (χ2n) is 6.89. The summed E-state index contributed by atoms with van der Waals surface area (Å²) in [7, 11) is 0. The highest BCUT2D eigenvalue weighted by molar-refractivity contribution is 5.38. The fourth-order valence-electron chi connectivity index (χ4n) is 2.77. The van der Waals surface area contributed by atoms with Gasteiger partial charge < -0.3 is 10.1 Å². The minimum Gasteiger partial charge on any atom is -0.376 e. The molecule has 1 aliphatic heterocycles. The summed E-state index contributed by atoms with van der Waals surface area (Å²) in [6.45, 7) is 7.53. The summed E-state index contributed by atoms with van der Waals surface area (Å²) in [6.07, 6.45) is 6.16. The number of ether oxygens (including phenoxy) is 1. The molecule has 3 heteroatoms. The van der Waals surface area contributed by atoms with Gasteiger partial charge in [0.1, 0.15) is 5.82 Å². The number of anilines is 1. The van der Waals surface area contributed by atoms with E-state index in [1.54, 1.807) is 0 Å². The maximum Gasteiger partial charge on any atom is 0.126 e. The van der Waals surface area contributed by atoms with Gasteiger partial charge in [0, 0.05) is 12.8 Å². The molecule has 0 radical (unpaired) electrons. The highest BCUT2D eigenvalue weighted by Crippen LogP contribution is 2.39. The monoisotopic (exact) mass is 260 g/mol. The van der Waals surface area contributed by atoms with E-state index >= 15 is 0 Å². The van der Waals surface area contributed by atoms with Gasteiger partial charge in [0.05, 0.1) is 12.1 Å². The van der Waals surface area contributed by atoms with Crippen molar-refractivity contribution in [3.63, 3.8) is 0 Å². The van der Waals surface area contributed by atoms with Crippen LogP contribution in [0.5, 0.6) is 0 Å². The van der Waals surface area contributed by atoms with Gasteiger partial charge in [-0.3, -0.25) is 0 Å². The molecule has 3 rings (SSSR count). The molecule has 1 saturated heterocycles. The summed E-state index contributed by atoms with van der Waals surface area (Å²) >= 11 is 0. The smallest absolute Gasteiger partial charge is 0.126 e. The molecule has 0 spiro atoms. The first kappa shape index (κ1) is 12.9. The van der Waals surface area contributed by atoms with Crippen molar-refractivity contribution < 1.29 is 4.74 Å². The predicted octanol–water partition coefficient (Wildman–Crippen LogP) is 3.36. The average Bonchev–Trinajstić information content (AvgIpc) is 3.10. The maximum absolute atomic E-state index is 5.85. The summed E-state index contributed by atoms with van der Waals surface area (Å²) in [5.74, 6) is 1.77. The molecule has 1 N–H and O–H groups in total. The Kier molecular flexibility index (Phi) is 3.25. The van der Waals surface area contributed by atoms with Gasteiger partial charge >= 0.3 is 0 Å². The highest BCUT2D eigenvalue weighted by Gasteiger charge is 2.40. The summed E-state index contributed by atoms with van der Waals surface area (Å²) in [6, 6.07) is 4.72. The third-order valence-corrected chi connectivity index (χ3v) is 4.19. The van der Waals surface area contributed by atoms with Crippen LogP contribution in [0.3, 0.4) is 0 Å². The van der Waals surface area contributed by atoms with E-state index in [-0.39, 0.29) is 5.41 Å². The van der Waals surface area contributed by atoms with E-state index in [0.717, 1.165) is 24.8 Å².